The molecule has 2 unspecified atom stereocenters. The Labute approximate surface area is 128 Å². The van der Waals surface area contributed by atoms with Crippen LogP contribution in [0, 0.1) is 11.2 Å². The zero-order valence-corrected chi connectivity index (χ0v) is 12.7. The number of hydrogen-bond donors (Lipinski definition) is 3. The van der Waals surface area contributed by atoms with Crippen molar-refractivity contribution in [3.8, 4) is 0 Å². The topological polar surface area (TPSA) is 65.1 Å². The zero-order chi connectivity index (χ0) is 15.7. The van der Waals surface area contributed by atoms with E-state index in [2.05, 4.69) is 10.3 Å². The lowest BCUT2D eigenvalue weighted by Crippen LogP contribution is -2.45. The molecule has 3 rings (SSSR count). The number of H-pyrrole nitrogens is 1. The number of carbonyl (C=O) groups excluding carboxylic acids is 1. The number of benzene rings is 1. The lowest BCUT2D eigenvalue weighted by molar-refractivity contribution is 0.00191. The van der Waals surface area contributed by atoms with Crippen molar-refractivity contribution in [2.75, 3.05) is 6.54 Å². The molecule has 0 bridgehead atoms. The monoisotopic (exact) mass is 304 g/mol. The van der Waals surface area contributed by atoms with Gasteiger partial charge in [0.15, 0.2) is 0 Å². The molecule has 4 nitrogen and oxygen atoms in total. The molecular weight excluding hydrogens is 283 g/mol. The molecule has 0 saturated heterocycles. The third-order valence-corrected chi connectivity index (χ3v) is 4.83. The second-order valence-corrected chi connectivity index (χ2v) is 6.46. The summed E-state index contributed by atoms with van der Waals surface area (Å²) >= 11 is 0. The first-order chi connectivity index (χ1) is 10.5. The van der Waals surface area contributed by atoms with Crippen LogP contribution in [0.4, 0.5) is 4.39 Å². The number of hydrogen-bond acceptors (Lipinski definition) is 2. The highest BCUT2D eigenvalue weighted by atomic mass is 19.1. The maximum absolute atomic E-state index is 13.9. The molecule has 118 valence electrons. The number of carbonyl (C=O) groups is 1. The van der Waals surface area contributed by atoms with E-state index in [1.54, 1.807) is 12.1 Å². The number of aliphatic hydroxyl groups excluding tert-OH is 1. The normalized spacial score (nSPS) is 25.3. The van der Waals surface area contributed by atoms with Crippen molar-refractivity contribution >= 4 is 16.8 Å². The van der Waals surface area contributed by atoms with Crippen LogP contribution in [0.5, 0.6) is 0 Å². The van der Waals surface area contributed by atoms with Crippen LogP contribution in [0.3, 0.4) is 0 Å². The quantitative estimate of drug-likeness (QED) is 0.816. The van der Waals surface area contributed by atoms with Gasteiger partial charge in [-0.2, -0.15) is 0 Å². The summed E-state index contributed by atoms with van der Waals surface area (Å²) in [6.45, 7) is 2.39. The first kappa shape index (κ1) is 15.0. The van der Waals surface area contributed by atoms with Gasteiger partial charge in [-0.3, -0.25) is 4.79 Å². The smallest absolute Gasteiger partial charge is 0.253 e. The Morgan fingerprint density at radius 1 is 1.50 bits per heavy atom. The lowest BCUT2D eigenvalue weighted by atomic mass is 9.73. The molecule has 0 spiro atoms. The van der Waals surface area contributed by atoms with E-state index in [9.17, 15) is 14.3 Å². The fourth-order valence-corrected chi connectivity index (χ4v) is 3.28. The van der Waals surface area contributed by atoms with Crippen molar-refractivity contribution in [2.45, 2.75) is 38.7 Å². The molecular formula is C17H21FN2O2. The number of amides is 1. The van der Waals surface area contributed by atoms with Crippen LogP contribution in [-0.2, 0) is 0 Å². The third-order valence-electron chi connectivity index (χ3n) is 4.83. The zero-order valence-electron chi connectivity index (χ0n) is 12.7. The van der Waals surface area contributed by atoms with Crippen molar-refractivity contribution in [1.82, 2.24) is 10.3 Å². The van der Waals surface area contributed by atoms with Crippen molar-refractivity contribution < 1.29 is 14.3 Å². The van der Waals surface area contributed by atoms with Crippen LogP contribution in [0.1, 0.15) is 43.0 Å². The minimum absolute atomic E-state index is 0.307. The second-order valence-electron chi connectivity index (χ2n) is 6.46. The van der Waals surface area contributed by atoms with Gasteiger partial charge in [-0.05, 0) is 25.0 Å². The van der Waals surface area contributed by atoms with E-state index in [0.29, 0.717) is 23.0 Å². The molecule has 1 saturated carbocycles. The van der Waals surface area contributed by atoms with Gasteiger partial charge in [0.05, 0.1) is 11.7 Å². The summed E-state index contributed by atoms with van der Waals surface area (Å²) in [6.07, 6.45) is 4.87. The number of nitrogens with one attached hydrogen (secondary N) is 2. The molecule has 1 fully saturated rings. The predicted octanol–water partition coefficient (Wildman–Crippen LogP) is 2.98. The summed E-state index contributed by atoms with van der Waals surface area (Å²) in [5.74, 6) is -0.719. The maximum atomic E-state index is 13.9. The van der Waals surface area contributed by atoms with Crippen LogP contribution in [0.25, 0.3) is 10.9 Å². The summed E-state index contributed by atoms with van der Waals surface area (Å²) in [6, 6.07) is 4.69. The van der Waals surface area contributed by atoms with Crippen molar-refractivity contribution in [2.24, 2.45) is 5.41 Å². The standard InChI is InChI=1S/C17H21FN2O2/c1-17(8-3-2-7-14(17)21)10-20-16(22)11-9-19-13-6-4-5-12(18)15(11)13/h4-6,9,14,19,21H,2-3,7-8,10H2,1H3,(H,20,22). The molecule has 1 heterocycles. The molecule has 1 aromatic carbocycles. The first-order valence-corrected chi connectivity index (χ1v) is 7.73. The highest BCUT2D eigenvalue weighted by Gasteiger charge is 2.35. The van der Waals surface area contributed by atoms with Crippen LogP contribution >= 0.6 is 0 Å². The number of halogens is 1. The van der Waals surface area contributed by atoms with Crippen molar-refractivity contribution in [3.63, 3.8) is 0 Å². The Morgan fingerprint density at radius 2 is 2.32 bits per heavy atom. The van der Waals surface area contributed by atoms with E-state index in [1.807, 2.05) is 6.92 Å². The highest BCUT2D eigenvalue weighted by molar-refractivity contribution is 6.06. The molecule has 0 aliphatic heterocycles. The van der Waals surface area contributed by atoms with Gasteiger partial charge in [0.25, 0.3) is 5.91 Å². The van der Waals surface area contributed by atoms with Crippen LogP contribution in [-0.4, -0.2) is 28.6 Å². The predicted molar refractivity (Wildman–Crippen MR) is 83.2 cm³/mol. The van der Waals surface area contributed by atoms with Gasteiger partial charge in [0.1, 0.15) is 5.82 Å². The number of rotatable bonds is 3. The molecule has 1 amide bonds. The molecule has 0 radical (unpaired) electrons. The summed E-state index contributed by atoms with van der Waals surface area (Å²) < 4.78 is 13.9. The van der Waals surface area contributed by atoms with Gasteiger partial charge in [-0.15, -0.1) is 0 Å². The molecule has 1 aromatic heterocycles. The van der Waals surface area contributed by atoms with E-state index >= 15 is 0 Å². The van der Waals surface area contributed by atoms with Crippen LogP contribution in [0.15, 0.2) is 24.4 Å². The van der Waals surface area contributed by atoms with Gasteiger partial charge < -0.3 is 15.4 Å². The van der Waals surface area contributed by atoms with Crippen LogP contribution < -0.4 is 5.32 Å². The molecule has 1 aliphatic carbocycles. The molecule has 1 aliphatic rings. The highest BCUT2D eigenvalue weighted by Crippen LogP contribution is 2.35. The fourth-order valence-electron chi connectivity index (χ4n) is 3.28. The van der Waals surface area contributed by atoms with E-state index in [4.69, 9.17) is 0 Å². The second kappa shape index (κ2) is 5.72. The molecule has 22 heavy (non-hydrogen) atoms. The maximum Gasteiger partial charge on any atom is 0.253 e. The number of aliphatic hydroxyl groups is 1. The van der Waals surface area contributed by atoms with Crippen LogP contribution in [0.2, 0.25) is 0 Å². The van der Waals surface area contributed by atoms with Gasteiger partial charge in [0, 0.05) is 29.1 Å². The Bertz CT molecular complexity index is 697. The first-order valence-electron chi connectivity index (χ1n) is 7.73. The Morgan fingerprint density at radius 3 is 3.09 bits per heavy atom. The summed E-state index contributed by atoms with van der Waals surface area (Å²) in [4.78, 5) is 15.3. The Hall–Kier alpha value is -1.88. The fraction of sp³-hybridized carbons (Fsp3) is 0.471. The van der Waals surface area contributed by atoms with Gasteiger partial charge >= 0.3 is 0 Å². The Balaban J connectivity index is 1.77. The molecule has 2 aromatic rings. The summed E-state index contributed by atoms with van der Waals surface area (Å²) in [7, 11) is 0. The van der Waals surface area contributed by atoms with Crippen molar-refractivity contribution in [3.05, 3.63) is 35.8 Å². The number of fused-ring (bicyclic) bond motifs is 1. The minimum atomic E-state index is -0.409. The molecule has 2 atom stereocenters. The van der Waals surface area contributed by atoms with Gasteiger partial charge in [-0.25, -0.2) is 4.39 Å². The number of aromatic nitrogens is 1. The van der Waals surface area contributed by atoms with E-state index in [-0.39, 0.29) is 11.3 Å². The van der Waals surface area contributed by atoms with Gasteiger partial charge in [-0.1, -0.05) is 25.8 Å². The Kier molecular flexibility index (Phi) is 3.91. The average Bonchev–Trinajstić information content (AvgIpc) is 2.94. The number of aromatic amines is 1. The molecule has 5 heteroatoms. The van der Waals surface area contributed by atoms with E-state index < -0.39 is 11.9 Å². The van der Waals surface area contributed by atoms with E-state index in [0.717, 1.165) is 25.7 Å². The largest absolute Gasteiger partial charge is 0.392 e. The molecule has 3 N–H and O–H groups in total. The SMILES string of the molecule is CC1(CNC(=O)c2c[nH]c3cccc(F)c23)CCCCC1O. The average molecular weight is 304 g/mol. The van der Waals surface area contributed by atoms with Gasteiger partial charge in [0.2, 0.25) is 0 Å². The van der Waals surface area contributed by atoms with E-state index in [1.165, 1.54) is 12.3 Å². The minimum Gasteiger partial charge on any atom is -0.392 e. The summed E-state index contributed by atoms with van der Waals surface area (Å²) in [5, 5.41) is 13.3. The third kappa shape index (κ3) is 2.61. The summed E-state index contributed by atoms with van der Waals surface area (Å²) in [5.41, 5.74) is 0.606. The lowest BCUT2D eigenvalue weighted by Gasteiger charge is -2.38. The van der Waals surface area contributed by atoms with Crippen molar-refractivity contribution in [1.29, 1.82) is 0 Å².